The van der Waals surface area contributed by atoms with Crippen LogP contribution in [0.25, 0.3) is 0 Å². The molecule has 0 spiro atoms. The molecule has 0 aliphatic heterocycles. The van der Waals surface area contributed by atoms with Crippen molar-refractivity contribution in [1.29, 1.82) is 0 Å². The smallest absolute Gasteiger partial charge is 0.256 e. The zero-order valence-electron chi connectivity index (χ0n) is 8.75. The summed E-state index contributed by atoms with van der Waals surface area (Å²) in [4.78, 5) is 11.1. The van der Waals surface area contributed by atoms with Crippen LogP contribution in [0, 0.1) is 0 Å². The average Bonchev–Trinajstić information content (AvgIpc) is 2.21. The first-order chi connectivity index (χ1) is 7.19. The molecular formula is C11H13ClO3. The minimum absolute atomic E-state index is 0.337. The van der Waals surface area contributed by atoms with E-state index >= 15 is 0 Å². The minimum Gasteiger partial charge on any atom is -0.494 e. The van der Waals surface area contributed by atoms with Gasteiger partial charge >= 0.3 is 0 Å². The highest BCUT2D eigenvalue weighted by atomic mass is 35.5. The van der Waals surface area contributed by atoms with E-state index in [1.807, 2.05) is 13.8 Å². The highest BCUT2D eigenvalue weighted by Gasteiger charge is 2.11. The van der Waals surface area contributed by atoms with Crippen LogP contribution in [-0.2, 0) is 0 Å². The van der Waals surface area contributed by atoms with E-state index in [0.717, 1.165) is 0 Å². The molecule has 82 valence electrons. The average molecular weight is 229 g/mol. The van der Waals surface area contributed by atoms with Crippen LogP contribution in [0.3, 0.4) is 0 Å². The van der Waals surface area contributed by atoms with E-state index in [1.165, 1.54) is 0 Å². The van der Waals surface area contributed by atoms with Gasteiger partial charge in [0.15, 0.2) is 0 Å². The minimum atomic E-state index is -0.542. The summed E-state index contributed by atoms with van der Waals surface area (Å²) in [6, 6.07) is 5.02. The van der Waals surface area contributed by atoms with Crippen molar-refractivity contribution >= 4 is 16.8 Å². The molecular weight excluding hydrogens is 216 g/mol. The highest BCUT2D eigenvalue weighted by molar-refractivity contribution is 6.68. The van der Waals surface area contributed by atoms with Gasteiger partial charge in [-0.1, -0.05) is 0 Å². The molecule has 0 amide bonds. The zero-order valence-corrected chi connectivity index (χ0v) is 9.50. The van der Waals surface area contributed by atoms with Crippen LogP contribution in [0.5, 0.6) is 11.5 Å². The summed E-state index contributed by atoms with van der Waals surface area (Å²) >= 11 is 5.44. The molecule has 0 heterocycles. The second-order valence-electron chi connectivity index (χ2n) is 2.80. The lowest BCUT2D eigenvalue weighted by atomic mass is 10.2. The van der Waals surface area contributed by atoms with Gasteiger partial charge in [0.2, 0.25) is 0 Å². The number of benzene rings is 1. The van der Waals surface area contributed by atoms with Crippen LogP contribution < -0.4 is 9.47 Å². The monoisotopic (exact) mass is 228 g/mol. The summed E-state index contributed by atoms with van der Waals surface area (Å²) in [6.45, 7) is 4.76. The molecule has 15 heavy (non-hydrogen) atoms. The van der Waals surface area contributed by atoms with Gasteiger partial charge in [-0.15, -0.1) is 0 Å². The van der Waals surface area contributed by atoms with Crippen molar-refractivity contribution in [2.75, 3.05) is 13.2 Å². The molecule has 0 radical (unpaired) electrons. The molecule has 0 saturated carbocycles. The van der Waals surface area contributed by atoms with Crippen molar-refractivity contribution in [3.8, 4) is 11.5 Å². The second kappa shape index (κ2) is 5.61. The maximum Gasteiger partial charge on any atom is 0.256 e. The molecule has 4 heteroatoms. The van der Waals surface area contributed by atoms with Gasteiger partial charge in [-0.2, -0.15) is 0 Å². The molecule has 0 unspecified atom stereocenters. The Morgan fingerprint density at radius 1 is 1.27 bits per heavy atom. The van der Waals surface area contributed by atoms with E-state index in [4.69, 9.17) is 21.1 Å². The Hall–Kier alpha value is -1.22. The summed E-state index contributed by atoms with van der Waals surface area (Å²) in [7, 11) is 0. The standard InChI is InChI=1S/C11H13ClO3/c1-3-14-8-5-6-10(15-4-2)9(7-8)11(12)13/h5-7H,3-4H2,1-2H3. The molecule has 0 aromatic heterocycles. The number of halogens is 1. The number of hydrogen-bond donors (Lipinski definition) is 0. The predicted octanol–water partition coefficient (Wildman–Crippen LogP) is 2.86. The Morgan fingerprint density at radius 2 is 1.93 bits per heavy atom. The van der Waals surface area contributed by atoms with Crippen LogP contribution >= 0.6 is 11.6 Å². The van der Waals surface area contributed by atoms with E-state index in [0.29, 0.717) is 30.3 Å². The first-order valence-electron chi connectivity index (χ1n) is 4.78. The lowest BCUT2D eigenvalue weighted by Crippen LogP contribution is -2.00. The van der Waals surface area contributed by atoms with Crippen molar-refractivity contribution in [3.05, 3.63) is 23.8 Å². The number of rotatable bonds is 5. The molecule has 0 saturated heterocycles. The maximum atomic E-state index is 11.1. The van der Waals surface area contributed by atoms with E-state index in [1.54, 1.807) is 18.2 Å². The Bertz CT molecular complexity index is 350. The summed E-state index contributed by atoms with van der Waals surface area (Å²) in [5.41, 5.74) is 0.337. The molecule has 1 aromatic rings. The van der Waals surface area contributed by atoms with Crippen molar-refractivity contribution < 1.29 is 14.3 Å². The van der Waals surface area contributed by atoms with Crippen LogP contribution in [-0.4, -0.2) is 18.5 Å². The number of carbonyl (C=O) groups excluding carboxylic acids is 1. The lowest BCUT2D eigenvalue weighted by molar-refractivity contribution is 0.107. The van der Waals surface area contributed by atoms with Gasteiger partial charge in [-0.05, 0) is 43.6 Å². The second-order valence-corrected chi connectivity index (χ2v) is 3.14. The molecule has 0 atom stereocenters. The Morgan fingerprint density at radius 3 is 2.47 bits per heavy atom. The van der Waals surface area contributed by atoms with E-state index in [9.17, 15) is 4.79 Å². The van der Waals surface area contributed by atoms with E-state index < -0.39 is 5.24 Å². The predicted molar refractivity (Wildman–Crippen MR) is 59.0 cm³/mol. The zero-order chi connectivity index (χ0) is 11.3. The highest BCUT2D eigenvalue weighted by Crippen LogP contribution is 2.25. The lowest BCUT2D eigenvalue weighted by Gasteiger charge is -2.09. The van der Waals surface area contributed by atoms with Gasteiger partial charge in [-0.3, -0.25) is 4.79 Å². The van der Waals surface area contributed by atoms with Crippen molar-refractivity contribution in [1.82, 2.24) is 0 Å². The molecule has 3 nitrogen and oxygen atoms in total. The molecule has 0 N–H and O–H groups in total. The third kappa shape index (κ3) is 3.13. The van der Waals surface area contributed by atoms with Crippen LogP contribution in [0.4, 0.5) is 0 Å². The Labute approximate surface area is 93.9 Å². The largest absolute Gasteiger partial charge is 0.494 e. The molecule has 0 aliphatic rings. The molecule has 0 aliphatic carbocycles. The first-order valence-corrected chi connectivity index (χ1v) is 5.16. The Kier molecular flexibility index (Phi) is 4.43. The van der Waals surface area contributed by atoms with Crippen LogP contribution in [0.2, 0.25) is 0 Å². The fraction of sp³-hybridized carbons (Fsp3) is 0.364. The van der Waals surface area contributed by atoms with Crippen LogP contribution in [0.1, 0.15) is 24.2 Å². The normalized spacial score (nSPS) is 9.80. The van der Waals surface area contributed by atoms with Crippen molar-refractivity contribution in [3.63, 3.8) is 0 Å². The quantitative estimate of drug-likeness (QED) is 0.727. The van der Waals surface area contributed by atoms with E-state index in [-0.39, 0.29) is 0 Å². The Balaban J connectivity index is 3.03. The molecule has 0 bridgehead atoms. The number of hydrogen-bond acceptors (Lipinski definition) is 3. The summed E-state index contributed by atoms with van der Waals surface area (Å²) in [6.07, 6.45) is 0. The third-order valence-electron chi connectivity index (χ3n) is 1.77. The topological polar surface area (TPSA) is 35.5 Å². The number of ether oxygens (including phenoxy) is 2. The van der Waals surface area contributed by atoms with Crippen molar-refractivity contribution in [2.24, 2.45) is 0 Å². The van der Waals surface area contributed by atoms with E-state index in [2.05, 4.69) is 0 Å². The number of carbonyl (C=O) groups is 1. The van der Waals surface area contributed by atoms with Gasteiger partial charge in [0.05, 0.1) is 18.8 Å². The summed E-state index contributed by atoms with van der Waals surface area (Å²) in [5, 5.41) is -0.542. The fourth-order valence-corrected chi connectivity index (χ4v) is 1.35. The van der Waals surface area contributed by atoms with Gasteiger partial charge < -0.3 is 9.47 Å². The van der Waals surface area contributed by atoms with Crippen LogP contribution in [0.15, 0.2) is 18.2 Å². The molecule has 0 fully saturated rings. The summed E-state index contributed by atoms with van der Waals surface area (Å²) in [5.74, 6) is 1.10. The fourth-order valence-electron chi connectivity index (χ4n) is 1.20. The SMILES string of the molecule is CCOc1ccc(OCC)c(C(=O)Cl)c1. The molecule has 1 rings (SSSR count). The molecule has 1 aromatic carbocycles. The van der Waals surface area contributed by atoms with Gasteiger partial charge in [0.25, 0.3) is 5.24 Å². The maximum absolute atomic E-state index is 11.1. The van der Waals surface area contributed by atoms with Crippen molar-refractivity contribution in [2.45, 2.75) is 13.8 Å². The van der Waals surface area contributed by atoms with Gasteiger partial charge in [0, 0.05) is 0 Å². The van der Waals surface area contributed by atoms with Gasteiger partial charge in [-0.25, -0.2) is 0 Å². The first kappa shape index (κ1) is 11.9. The third-order valence-corrected chi connectivity index (χ3v) is 1.98. The summed E-state index contributed by atoms with van der Waals surface area (Å²) < 4.78 is 10.5. The van der Waals surface area contributed by atoms with Gasteiger partial charge in [0.1, 0.15) is 11.5 Å².